The van der Waals surface area contributed by atoms with Gasteiger partial charge in [-0.2, -0.15) is 0 Å². The number of hydrogen-bond donors (Lipinski definition) is 1. The topological polar surface area (TPSA) is 83.9 Å². The number of benzene rings is 1. The van der Waals surface area contributed by atoms with Crippen molar-refractivity contribution < 1.29 is 14.3 Å². The van der Waals surface area contributed by atoms with Crippen molar-refractivity contribution in [2.75, 3.05) is 26.7 Å². The number of carbonyl (C=O) groups excluding carboxylic acids is 2. The van der Waals surface area contributed by atoms with Crippen LogP contribution in [0.5, 0.6) is 5.75 Å². The normalized spacial score (nSPS) is 16.1. The monoisotopic (exact) mass is 449 g/mol. The highest BCUT2D eigenvalue weighted by Gasteiger charge is 2.27. The van der Waals surface area contributed by atoms with Gasteiger partial charge in [0.15, 0.2) is 5.78 Å². The smallest absolute Gasteiger partial charge is 0.272 e. The molecule has 1 N–H and O–H groups in total. The average Bonchev–Trinajstić information content (AvgIpc) is 3.31. The second-order valence-electron chi connectivity index (χ2n) is 8.97. The molecule has 1 aliphatic rings. The molecule has 0 saturated carbocycles. The van der Waals surface area contributed by atoms with Crippen LogP contribution >= 0.6 is 0 Å². The molecule has 1 aromatic carbocycles. The van der Waals surface area contributed by atoms with Gasteiger partial charge >= 0.3 is 0 Å². The molecule has 7 heteroatoms. The number of ether oxygens (including phenoxy) is 1. The maximum absolute atomic E-state index is 13.0. The van der Waals surface area contributed by atoms with E-state index in [1.54, 1.807) is 13.2 Å². The summed E-state index contributed by atoms with van der Waals surface area (Å²) in [5, 5.41) is 0. The number of methoxy groups -OCH3 is 1. The number of fused-ring (bicyclic) bond motifs is 1. The van der Waals surface area contributed by atoms with Crippen molar-refractivity contribution in [2.45, 2.75) is 32.6 Å². The van der Waals surface area contributed by atoms with Gasteiger partial charge in [0.25, 0.3) is 5.56 Å². The Bertz CT molecular complexity index is 1190. The number of aryl methyl sites for hydroxylation is 2. The van der Waals surface area contributed by atoms with E-state index in [2.05, 4.69) is 9.88 Å². The highest BCUT2D eigenvalue weighted by Crippen LogP contribution is 2.25. The average molecular weight is 450 g/mol. The van der Waals surface area contributed by atoms with Gasteiger partial charge in [0.2, 0.25) is 0 Å². The number of H-pyrrole nitrogens is 1. The van der Waals surface area contributed by atoms with E-state index in [4.69, 9.17) is 4.74 Å². The Morgan fingerprint density at radius 1 is 1.27 bits per heavy atom. The van der Waals surface area contributed by atoms with Crippen LogP contribution in [0.3, 0.4) is 0 Å². The first-order valence-electron chi connectivity index (χ1n) is 11.5. The fraction of sp³-hybridized carbons (Fsp3) is 0.423. The molecule has 1 aliphatic heterocycles. The molecule has 0 aliphatic carbocycles. The Balaban J connectivity index is 1.29. The summed E-state index contributed by atoms with van der Waals surface area (Å²) in [6, 6.07) is 9.23. The van der Waals surface area contributed by atoms with Crippen molar-refractivity contribution in [2.24, 2.45) is 11.8 Å². The van der Waals surface area contributed by atoms with Crippen molar-refractivity contribution in [3.8, 4) is 5.75 Å². The van der Waals surface area contributed by atoms with E-state index < -0.39 is 0 Å². The van der Waals surface area contributed by atoms with Crippen molar-refractivity contribution >= 4 is 17.6 Å². The molecule has 3 heterocycles. The summed E-state index contributed by atoms with van der Waals surface area (Å²) in [5.74, 6) is 0.891. The molecule has 2 aromatic heterocycles. The lowest BCUT2D eigenvalue weighted by Gasteiger charge is -2.32. The maximum atomic E-state index is 13.0. The summed E-state index contributed by atoms with van der Waals surface area (Å²) in [5.41, 5.74) is 3.04. The molecule has 0 radical (unpaired) electrons. The largest absolute Gasteiger partial charge is 0.496 e. The van der Waals surface area contributed by atoms with Crippen LogP contribution in [0.15, 0.2) is 47.5 Å². The SMILES string of the molecule is COc1ccc(C(=O)C2CCN(CC(C=O)CCc3cn4cccc4c(=O)[nH]3)CC2)cc1C. The van der Waals surface area contributed by atoms with Gasteiger partial charge in [0.1, 0.15) is 17.6 Å². The van der Waals surface area contributed by atoms with Crippen LogP contribution in [0.2, 0.25) is 0 Å². The number of likely N-dealkylation sites (tertiary alicyclic amines) is 1. The Labute approximate surface area is 193 Å². The minimum absolute atomic E-state index is 0.0158. The number of ketones is 1. The summed E-state index contributed by atoms with van der Waals surface area (Å²) < 4.78 is 7.11. The van der Waals surface area contributed by atoms with E-state index in [0.29, 0.717) is 24.9 Å². The standard InChI is InChI=1S/C26H31N3O4/c1-18-14-21(6-8-24(18)33-2)25(31)20-9-12-28(13-10-20)15-19(17-30)5-7-22-16-29-11-3-4-23(29)26(32)27-22/h3-4,6,8,11,14,16-17,19-20H,5,7,9-10,12-13,15H2,1-2H3,(H,27,32). The number of nitrogens with zero attached hydrogens (tertiary/aromatic N) is 2. The maximum Gasteiger partial charge on any atom is 0.272 e. The van der Waals surface area contributed by atoms with E-state index in [1.165, 1.54) is 0 Å². The number of Topliss-reactive ketones (excluding diaryl/α,β-unsaturated/α-hetero) is 1. The summed E-state index contributed by atoms with van der Waals surface area (Å²) in [7, 11) is 1.63. The highest BCUT2D eigenvalue weighted by atomic mass is 16.5. The number of hydrogen-bond acceptors (Lipinski definition) is 5. The van der Waals surface area contributed by atoms with Gasteiger partial charge in [-0.1, -0.05) is 0 Å². The zero-order valence-corrected chi connectivity index (χ0v) is 19.3. The zero-order valence-electron chi connectivity index (χ0n) is 19.3. The Hall–Kier alpha value is -3.19. The Kier molecular flexibility index (Phi) is 7.08. The number of piperidine rings is 1. The number of nitrogens with one attached hydrogen (secondary N) is 1. The second-order valence-corrected chi connectivity index (χ2v) is 8.97. The number of carbonyl (C=O) groups is 2. The summed E-state index contributed by atoms with van der Waals surface area (Å²) in [4.78, 5) is 42.0. The molecule has 0 amide bonds. The van der Waals surface area contributed by atoms with Crippen LogP contribution in [0, 0.1) is 18.8 Å². The molecular weight excluding hydrogens is 418 g/mol. The molecule has 1 unspecified atom stereocenters. The Morgan fingerprint density at radius 2 is 2.06 bits per heavy atom. The number of aromatic nitrogens is 2. The van der Waals surface area contributed by atoms with Gasteiger partial charge < -0.3 is 23.8 Å². The molecule has 1 saturated heterocycles. The van der Waals surface area contributed by atoms with E-state index >= 15 is 0 Å². The fourth-order valence-electron chi connectivity index (χ4n) is 4.76. The molecular formula is C26H31N3O4. The van der Waals surface area contributed by atoms with E-state index in [0.717, 1.165) is 54.8 Å². The van der Waals surface area contributed by atoms with E-state index in [9.17, 15) is 14.4 Å². The van der Waals surface area contributed by atoms with Crippen LogP contribution in [0.25, 0.3) is 5.52 Å². The Morgan fingerprint density at radius 3 is 2.76 bits per heavy atom. The lowest BCUT2D eigenvalue weighted by Crippen LogP contribution is -2.39. The van der Waals surface area contributed by atoms with Crippen LogP contribution in [-0.4, -0.2) is 53.1 Å². The molecule has 7 nitrogen and oxygen atoms in total. The highest BCUT2D eigenvalue weighted by molar-refractivity contribution is 5.98. The van der Waals surface area contributed by atoms with Gasteiger partial charge in [0, 0.05) is 42.0 Å². The van der Waals surface area contributed by atoms with Gasteiger partial charge in [-0.3, -0.25) is 9.59 Å². The van der Waals surface area contributed by atoms with Crippen LogP contribution in [0.4, 0.5) is 0 Å². The molecule has 1 fully saturated rings. The predicted molar refractivity (Wildman–Crippen MR) is 127 cm³/mol. The second kappa shape index (κ2) is 10.2. The predicted octanol–water partition coefficient (Wildman–Crippen LogP) is 3.29. The number of rotatable bonds is 9. The van der Waals surface area contributed by atoms with Gasteiger partial charge in [-0.15, -0.1) is 0 Å². The van der Waals surface area contributed by atoms with Crippen LogP contribution in [0.1, 0.15) is 40.9 Å². The van der Waals surface area contributed by atoms with Crippen molar-refractivity contribution in [1.82, 2.24) is 14.3 Å². The first kappa shape index (κ1) is 23.0. The summed E-state index contributed by atoms with van der Waals surface area (Å²) >= 11 is 0. The van der Waals surface area contributed by atoms with E-state index in [1.807, 2.05) is 48.0 Å². The lowest BCUT2D eigenvalue weighted by atomic mass is 9.88. The molecule has 1 atom stereocenters. The first-order valence-corrected chi connectivity index (χ1v) is 11.5. The molecule has 0 spiro atoms. The summed E-state index contributed by atoms with van der Waals surface area (Å²) in [6.07, 6.45) is 7.69. The van der Waals surface area contributed by atoms with Crippen LogP contribution < -0.4 is 10.3 Å². The molecule has 174 valence electrons. The zero-order chi connectivity index (χ0) is 23.4. The third-order valence-electron chi connectivity index (χ3n) is 6.69. The molecule has 3 aromatic rings. The van der Waals surface area contributed by atoms with Gasteiger partial charge in [-0.05, 0) is 81.6 Å². The molecule has 0 bridgehead atoms. The van der Waals surface area contributed by atoms with E-state index in [-0.39, 0.29) is 23.2 Å². The lowest BCUT2D eigenvalue weighted by molar-refractivity contribution is -0.111. The fourth-order valence-corrected chi connectivity index (χ4v) is 4.76. The number of aromatic amines is 1. The van der Waals surface area contributed by atoms with Crippen molar-refractivity contribution in [3.63, 3.8) is 0 Å². The third-order valence-corrected chi connectivity index (χ3v) is 6.69. The molecule has 4 rings (SSSR count). The first-order chi connectivity index (χ1) is 16.0. The van der Waals surface area contributed by atoms with Gasteiger partial charge in [-0.25, -0.2) is 0 Å². The van der Waals surface area contributed by atoms with Crippen molar-refractivity contribution in [1.29, 1.82) is 0 Å². The number of aldehydes is 1. The minimum Gasteiger partial charge on any atom is -0.496 e. The summed E-state index contributed by atoms with van der Waals surface area (Å²) in [6.45, 7) is 4.25. The van der Waals surface area contributed by atoms with Crippen LogP contribution in [-0.2, 0) is 11.2 Å². The van der Waals surface area contributed by atoms with Crippen molar-refractivity contribution in [3.05, 3.63) is 69.9 Å². The third kappa shape index (κ3) is 5.25. The van der Waals surface area contributed by atoms with Gasteiger partial charge in [0.05, 0.1) is 7.11 Å². The quantitative estimate of drug-likeness (QED) is 0.400. The molecule has 33 heavy (non-hydrogen) atoms. The minimum atomic E-state index is -0.112.